The lowest BCUT2D eigenvalue weighted by molar-refractivity contribution is 0.102. The molecule has 4 heteroatoms. The lowest BCUT2D eigenvalue weighted by Gasteiger charge is -2.10. The third-order valence-corrected chi connectivity index (χ3v) is 5.36. The van der Waals surface area contributed by atoms with Crippen LogP contribution in [0.2, 0.25) is 0 Å². The fourth-order valence-electron chi connectivity index (χ4n) is 3.34. The summed E-state index contributed by atoms with van der Waals surface area (Å²) in [6, 6.07) is 30.5. The maximum Gasteiger partial charge on any atom is 0.255 e. The Balaban J connectivity index is 1.33. The van der Waals surface area contributed by atoms with Crippen molar-refractivity contribution in [1.29, 1.82) is 0 Å². The molecule has 0 atom stereocenters. The van der Waals surface area contributed by atoms with E-state index in [0.29, 0.717) is 22.7 Å². The van der Waals surface area contributed by atoms with Gasteiger partial charge in [-0.2, -0.15) is 0 Å². The Morgan fingerprint density at radius 2 is 0.939 bits per heavy atom. The van der Waals surface area contributed by atoms with Gasteiger partial charge in [0.2, 0.25) is 0 Å². The first-order valence-electron chi connectivity index (χ1n) is 11.2. The number of anilines is 1. The molecule has 0 fully saturated rings. The zero-order valence-corrected chi connectivity index (χ0v) is 18.9. The van der Waals surface area contributed by atoms with Gasteiger partial charge in [0.05, 0.1) is 0 Å². The highest BCUT2D eigenvalue weighted by Gasteiger charge is 2.07. The molecule has 1 amide bonds. The van der Waals surface area contributed by atoms with Crippen molar-refractivity contribution in [3.8, 4) is 23.0 Å². The SMILES string of the molecule is CCc1ccc(Oc2ccc(NC(=O)c3ccc(Oc4ccc(CC)cc4)cc3)cc2)cc1. The molecule has 0 unspecified atom stereocenters. The first kappa shape index (κ1) is 22.2. The van der Waals surface area contributed by atoms with Crippen molar-refractivity contribution in [2.45, 2.75) is 26.7 Å². The van der Waals surface area contributed by atoms with Crippen LogP contribution in [-0.4, -0.2) is 5.91 Å². The number of amides is 1. The summed E-state index contributed by atoms with van der Waals surface area (Å²) >= 11 is 0. The normalized spacial score (nSPS) is 10.5. The van der Waals surface area contributed by atoms with Gasteiger partial charge in [-0.05, 0) is 96.8 Å². The second kappa shape index (κ2) is 10.5. The van der Waals surface area contributed by atoms with E-state index in [1.54, 1.807) is 24.3 Å². The van der Waals surface area contributed by atoms with Gasteiger partial charge in [0.1, 0.15) is 23.0 Å². The Kier molecular flexibility index (Phi) is 7.06. The Morgan fingerprint density at radius 1 is 0.576 bits per heavy atom. The quantitative estimate of drug-likeness (QED) is 0.308. The van der Waals surface area contributed by atoms with Crippen molar-refractivity contribution >= 4 is 11.6 Å². The van der Waals surface area contributed by atoms with Crippen molar-refractivity contribution in [2.24, 2.45) is 0 Å². The highest BCUT2D eigenvalue weighted by molar-refractivity contribution is 6.04. The Hall–Kier alpha value is -4.05. The van der Waals surface area contributed by atoms with E-state index in [4.69, 9.17) is 9.47 Å². The van der Waals surface area contributed by atoms with E-state index in [2.05, 4.69) is 43.4 Å². The molecule has 4 nitrogen and oxygen atoms in total. The second-order valence-corrected chi connectivity index (χ2v) is 7.70. The number of aryl methyl sites for hydroxylation is 2. The topological polar surface area (TPSA) is 47.6 Å². The third-order valence-electron chi connectivity index (χ3n) is 5.36. The smallest absolute Gasteiger partial charge is 0.255 e. The van der Waals surface area contributed by atoms with Gasteiger partial charge in [-0.15, -0.1) is 0 Å². The second-order valence-electron chi connectivity index (χ2n) is 7.70. The first-order chi connectivity index (χ1) is 16.1. The lowest BCUT2D eigenvalue weighted by Crippen LogP contribution is -2.11. The van der Waals surface area contributed by atoms with Crippen LogP contribution in [0, 0.1) is 0 Å². The molecule has 1 N–H and O–H groups in total. The predicted molar refractivity (Wildman–Crippen MR) is 133 cm³/mol. The minimum atomic E-state index is -0.183. The molecule has 0 aliphatic rings. The van der Waals surface area contributed by atoms with Crippen LogP contribution in [0.15, 0.2) is 97.1 Å². The Bertz CT molecular complexity index is 1180. The van der Waals surface area contributed by atoms with E-state index in [1.807, 2.05) is 48.5 Å². The van der Waals surface area contributed by atoms with E-state index in [-0.39, 0.29) is 5.91 Å². The maximum absolute atomic E-state index is 12.6. The summed E-state index contributed by atoms with van der Waals surface area (Å²) in [6.07, 6.45) is 1.99. The van der Waals surface area contributed by atoms with Gasteiger partial charge < -0.3 is 14.8 Å². The molecule has 0 aromatic heterocycles. The summed E-state index contributed by atoms with van der Waals surface area (Å²) in [6.45, 7) is 4.24. The first-order valence-corrected chi connectivity index (χ1v) is 11.2. The molecular weight excluding hydrogens is 410 g/mol. The molecule has 0 radical (unpaired) electrons. The van der Waals surface area contributed by atoms with Gasteiger partial charge in [0.25, 0.3) is 5.91 Å². The minimum absolute atomic E-state index is 0.183. The Labute approximate surface area is 194 Å². The van der Waals surface area contributed by atoms with E-state index >= 15 is 0 Å². The zero-order chi connectivity index (χ0) is 23.0. The molecule has 0 aliphatic heterocycles. The third kappa shape index (κ3) is 6.01. The van der Waals surface area contributed by atoms with Crippen LogP contribution in [0.4, 0.5) is 5.69 Å². The molecule has 166 valence electrons. The summed E-state index contributed by atoms with van der Waals surface area (Å²) in [5.74, 6) is 2.77. The van der Waals surface area contributed by atoms with Crippen LogP contribution >= 0.6 is 0 Å². The molecule has 0 saturated heterocycles. The van der Waals surface area contributed by atoms with Crippen LogP contribution in [0.25, 0.3) is 0 Å². The molecule has 4 aromatic carbocycles. The van der Waals surface area contributed by atoms with E-state index in [0.717, 1.165) is 24.3 Å². The molecule has 33 heavy (non-hydrogen) atoms. The average Bonchev–Trinajstić information content (AvgIpc) is 2.86. The fourth-order valence-corrected chi connectivity index (χ4v) is 3.34. The van der Waals surface area contributed by atoms with Gasteiger partial charge >= 0.3 is 0 Å². The van der Waals surface area contributed by atoms with Crippen LogP contribution in [0.1, 0.15) is 35.3 Å². The molecule has 4 aromatic rings. The average molecular weight is 438 g/mol. The van der Waals surface area contributed by atoms with Gasteiger partial charge in [0, 0.05) is 11.3 Å². The zero-order valence-electron chi connectivity index (χ0n) is 18.9. The number of ether oxygens (including phenoxy) is 2. The van der Waals surface area contributed by atoms with Crippen molar-refractivity contribution in [3.05, 3.63) is 114 Å². The fraction of sp³-hybridized carbons (Fsp3) is 0.138. The largest absolute Gasteiger partial charge is 0.457 e. The molecule has 0 aliphatic carbocycles. The number of carbonyl (C=O) groups excluding carboxylic acids is 1. The van der Waals surface area contributed by atoms with Gasteiger partial charge in [-0.3, -0.25) is 4.79 Å². The minimum Gasteiger partial charge on any atom is -0.457 e. The number of hydrogen-bond donors (Lipinski definition) is 1. The highest BCUT2D eigenvalue weighted by atomic mass is 16.5. The van der Waals surface area contributed by atoms with Crippen LogP contribution < -0.4 is 14.8 Å². The standard InChI is InChI=1S/C29H27NO3/c1-3-21-5-13-25(14-6-21)32-27-17-9-23(10-18-27)29(31)30-24-11-19-28(20-12-24)33-26-15-7-22(4-2)8-16-26/h5-20H,3-4H2,1-2H3,(H,30,31). The molecular formula is C29H27NO3. The van der Waals surface area contributed by atoms with Crippen molar-refractivity contribution < 1.29 is 14.3 Å². The van der Waals surface area contributed by atoms with Crippen LogP contribution in [0.5, 0.6) is 23.0 Å². The van der Waals surface area contributed by atoms with E-state index < -0.39 is 0 Å². The lowest BCUT2D eigenvalue weighted by atomic mass is 10.1. The summed E-state index contributed by atoms with van der Waals surface area (Å²) in [5.41, 5.74) is 3.79. The molecule has 0 spiro atoms. The molecule has 0 saturated carbocycles. The number of carbonyl (C=O) groups is 1. The van der Waals surface area contributed by atoms with Crippen molar-refractivity contribution in [1.82, 2.24) is 0 Å². The Morgan fingerprint density at radius 3 is 1.33 bits per heavy atom. The van der Waals surface area contributed by atoms with E-state index in [1.165, 1.54) is 11.1 Å². The molecule has 0 heterocycles. The van der Waals surface area contributed by atoms with Crippen LogP contribution in [-0.2, 0) is 12.8 Å². The predicted octanol–water partition coefficient (Wildman–Crippen LogP) is 7.65. The number of nitrogens with one attached hydrogen (secondary N) is 1. The van der Waals surface area contributed by atoms with Gasteiger partial charge in [-0.25, -0.2) is 0 Å². The van der Waals surface area contributed by atoms with Crippen LogP contribution in [0.3, 0.4) is 0 Å². The highest BCUT2D eigenvalue weighted by Crippen LogP contribution is 2.25. The van der Waals surface area contributed by atoms with Gasteiger partial charge in [-0.1, -0.05) is 38.1 Å². The number of hydrogen-bond acceptors (Lipinski definition) is 3. The summed E-state index contributed by atoms with van der Waals surface area (Å²) < 4.78 is 11.7. The number of rotatable bonds is 8. The maximum atomic E-state index is 12.6. The summed E-state index contributed by atoms with van der Waals surface area (Å²) in [4.78, 5) is 12.6. The molecule has 0 bridgehead atoms. The van der Waals surface area contributed by atoms with Gasteiger partial charge in [0.15, 0.2) is 0 Å². The molecule has 4 rings (SSSR count). The summed E-state index contributed by atoms with van der Waals surface area (Å²) in [7, 11) is 0. The number of benzene rings is 4. The van der Waals surface area contributed by atoms with Crippen molar-refractivity contribution in [2.75, 3.05) is 5.32 Å². The van der Waals surface area contributed by atoms with E-state index in [9.17, 15) is 4.79 Å². The summed E-state index contributed by atoms with van der Waals surface area (Å²) in [5, 5.41) is 2.91. The monoisotopic (exact) mass is 437 g/mol. The van der Waals surface area contributed by atoms with Crippen molar-refractivity contribution in [3.63, 3.8) is 0 Å².